The molecule has 1 amide bonds. The number of carbonyl (C=O) groups is 1. The van der Waals surface area contributed by atoms with Gasteiger partial charge >= 0.3 is 0 Å². The van der Waals surface area contributed by atoms with Gasteiger partial charge in [-0.05, 0) is 42.5 Å². The van der Waals surface area contributed by atoms with E-state index < -0.39 is 0 Å². The molecule has 1 aliphatic carbocycles. The van der Waals surface area contributed by atoms with Crippen molar-refractivity contribution < 1.29 is 4.79 Å². The van der Waals surface area contributed by atoms with Gasteiger partial charge in [0.15, 0.2) is 0 Å². The molecule has 1 aromatic heterocycles. The van der Waals surface area contributed by atoms with Crippen molar-refractivity contribution in [3.05, 3.63) is 21.3 Å². The van der Waals surface area contributed by atoms with E-state index in [2.05, 4.69) is 0 Å². The van der Waals surface area contributed by atoms with E-state index in [1.165, 1.54) is 11.3 Å². The maximum atomic E-state index is 12.4. The number of nitrogens with two attached hydrogens (primary N) is 1. The van der Waals surface area contributed by atoms with Crippen molar-refractivity contribution in [2.24, 2.45) is 17.6 Å². The van der Waals surface area contributed by atoms with Crippen LogP contribution in [0, 0.1) is 11.8 Å². The van der Waals surface area contributed by atoms with E-state index in [1.54, 1.807) is 6.07 Å². The van der Waals surface area contributed by atoms with Crippen LogP contribution in [-0.2, 0) is 0 Å². The van der Waals surface area contributed by atoms with E-state index in [0.29, 0.717) is 27.8 Å². The second kappa shape index (κ2) is 4.83. The predicted molar refractivity (Wildman–Crippen MR) is 74.0 cm³/mol. The molecule has 1 saturated heterocycles. The summed E-state index contributed by atoms with van der Waals surface area (Å²) in [5.41, 5.74) is 6.01. The summed E-state index contributed by atoms with van der Waals surface area (Å²) in [5.74, 6) is 1.34. The molecule has 3 atom stereocenters. The van der Waals surface area contributed by atoms with Crippen LogP contribution in [0.15, 0.2) is 11.4 Å². The van der Waals surface area contributed by atoms with Crippen molar-refractivity contribution in [2.75, 3.05) is 13.1 Å². The molecule has 2 fully saturated rings. The fraction of sp³-hybridized carbons (Fsp3) is 0.615. The number of hydrogen-bond donors (Lipinski definition) is 1. The number of likely N-dealkylation sites (tertiary alicyclic amines) is 1. The third-order valence-corrected chi connectivity index (χ3v) is 5.52. The summed E-state index contributed by atoms with van der Waals surface area (Å²) in [7, 11) is 0. The summed E-state index contributed by atoms with van der Waals surface area (Å²) >= 11 is 7.46. The van der Waals surface area contributed by atoms with Gasteiger partial charge in [-0.25, -0.2) is 0 Å². The first-order valence-electron chi connectivity index (χ1n) is 6.43. The zero-order chi connectivity index (χ0) is 12.7. The molecule has 1 unspecified atom stereocenters. The van der Waals surface area contributed by atoms with Crippen LogP contribution in [0.25, 0.3) is 0 Å². The molecule has 2 heterocycles. The highest BCUT2D eigenvalue weighted by Crippen LogP contribution is 2.37. The zero-order valence-electron chi connectivity index (χ0n) is 10.1. The standard InChI is InChI=1S/C13H17ClN2OS/c14-11-3-4-18-12(11)13(17)16-6-8-1-2-10(15)5-9(8)7-16/h3-4,8-10H,1-2,5-7,15H2/t8-,9+,10?/m1/s1. The van der Waals surface area contributed by atoms with Crippen molar-refractivity contribution in [1.82, 2.24) is 4.90 Å². The highest BCUT2D eigenvalue weighted by Gasteiger charge is 2.39. The zero-order valence-corrected chi connectivity index (χ0v) is 11.7. The summed E-state index contributed by atoms with van der Waals surface area (Å²) in [4.78, 5) is 15.0. The summed E-state index contributed by atoms with van der Waals surface area (Å²) in [6.07, 6.45) is 3.32. The smallest absolute Gasteiger partial charge is 0.265 e. The highest BCUT2D eigenvalue weighted by atomic mass is 35.5. The molecule has 3 rings (SSSR count). The maximum Gasteiger partial charge on any atom is 0.265 e. The first-order chi connectivity index (χ1) is 8.65. The minimum absolute atomic E-state index is 0.0953. The highest BCUT2D eigenvalue weighted by molar-refractivity contribution is 7.12. The summed E-state index contributed by atoms with van der Waals surface area (Å²) in [6, 6.07) is 2.12. The SMILES string of the molecule is NC1CC[C@@H]2CN(C(=O)c3sccc3Cl)C[C@@H]2C1. The normalized spacial score (nSPS) is 31.4. The number of carbonyl (C=O) groups excluding carboxylic acids is 1. The van der Waals surface area contributed by atoms with Crippen LogP contribution in [0.5, 0.6) is 0 Å². The van der Waals surface area contributed by atoms with Crippen molar-refractivity contribution >= 4 is 28.8 Å². The third kappa shape index (κ3) is 2.17. The van der Waals surface area contributed by atoms with E-state index in [0.717, 1.165) is 32.4 Å². The molecule has 1 saturated carbocycles. The molecule has 18 heavy (non-hydrogen) atoms. The van der Waals surface area contributed by atoms with Gasteiger partial charge in [0, 0.05) is 19.1 Å². The van der Waals surface area contributed by atoms with Gasteiger partial charge in [-0.3, -0.25) is 4.79 Å². The fourth-order valence-electron chi connectivity index (χ4n) is 3.22. The van der Waals surface area contributed by atoms with Crippen LogP contribution in [0.2, 0.25) is 5.02 Å². The summed E-state index contributed by atoms with van der Waals surface area (Å²) in [5, 5.41) is 2.45. The number of halogens is 1. The van der Waals surface area contributed by atoms with Crippen LogP contribution >= 0.6 is 22.9 Å². The van der Waals surface area contributed by atoms with Gasteiger partial charge in [-0.15, -0.1) is 11.3 Å². The Morgan fingerprint density at radius 2 is 2.17 bits per heavy atom. The summed E-state index contributed by atoms with van der Waals surface area (Å²) < 4.78 is 0. The Kier molecular flexibility index (Phi) is 3.34. The van der Waals surface area contributed by atoms with Crippen molar-refractivity contribution in [3.63, 3.8) is 0 Å². The lowest BCUT2D eigenvalue weighted by Gasteiger charge is -2.27. The molecule has 2 N–H and O–H groups in total. The van der Waals surface area contributed by atoms with E-state index >= 15 is 0 Å². The molecule has 0 aromatic carbocycles. The van der Waals surface area contributed by atoms with E-state index in [9.17, 15) is 4.79 Å². The third-order valence-electron chi connectivity index (χ3n) is 4.19. The van der Waals surface area contributed by atoms with Crippen LogP contribution in [0.3, 0.4) is 0 Å². The molecule has 98 valence electrons. The van der Waals surface area contributed by atoms with E-state index in [4.69, 9.17) is 17.3 Å². The molecule has 5 heteroatoms. The Morgan fingerprint density at radius 3 is 2.89 bits per heavy atom. The number of rotatable bonds is 1. The van der Waals surface area contributed by atoms with Gasteiger partial charge in [0.1, 0.15) is 4.88 Å². The summed E-state index contributed by atoms with van der Waals surface area (Å²) in [6.45, 7) is 1.73. The minimum atomic E-state index is 0.0953. The Labute approximate surface area is 116 Å². The van der Waals surface area contributed by atoms with Gasteiger partial charge in [0.05, 0.1) is 5.02 Å². The van der Waals surface area contributed by atoms with Crippen LogP contribution in [0.4, 0.5) is 0 Å². The average molecular weight is 285 g/mol. The molecular formula is C13H17ClN2OS. The molecular weight excluding hydrogens is 268 g/mol. The molecule has 0 bridgehead atoms. The molecule has 2 aliphatic rings. The molecule has 0 radical (unpaired) electrons. The van der Waals surface area contributed by atoms with E-state index in [-0.39, 0.29) is 5.91 Å². The van der Waals surface area contributed by atoms with Gasteiger partial charge in [-0.1, -0.05) is 11.6 Å². The Bertz CT molecular complexity index is 462. The monoisotopic (exact) mass is 284 g/mol. The van der Waals surface area contributed by atoms with E-state index in [1.807, 2.05) is 10.3 Å². The lowest BCUT2D eigenvalue weighted by molar-refractivity contribution is 0.0789. The maximum absolute atomic E-state index is 12.4. The number of amides is 1. The number of fused-ring (bicyclic) bond motifs is 1. The lowest BCUT2D eigenvalue weighted by Crippen LogP contribution is -2.32. The van der Waals surface area contributed by atoms with Gasteiger partial charge in [0.25, 0.3) is 5.91 Å². The van der Waals surface area contributed by atoms with Crippen molar-refractivity contribution in [1.29, 1.82) is 0 Å². The topological polar surface area (TPSA) is 46.3 Å². The van der Waals surface area contributed by atoms with Crippen LogP contribution in [-0.4, -0.2) is 29.9 Å². The first kappa shape index (κ1) is 12.5. The molecule has 0 spiro atoms. The van der Waals surface area contributed by atoms with Crippen molar-refractivity contribution in [2.45, 2.75) is 25.3 Å². The molecule has 3 nitrogen and oxygen atoms in total. The predicted octanol–water partition coefficient (Wildman–Crippen LogP) is 2.60. The Balaban J connectivity index is 1.72. The Morgan fingerprint density at radius 1 is 1.39 bits per heavy atom. The van der Waals surface area contributed by atoms with Gasteiger partial charge < -0.3 is 10.6 Å². The largest absolute Gasteiger partial charge is 0.337 e. The Hall–Kier alpha value is -0.580. The number of nitrogens with zero attached hydrogens (tertiary/aromatic N) is 1. The first-order valence-corrected chi connectivity index (χ1v) is 7.68. The minimum Gasteiger partial charge on any atom is -0.337 e. The van der Waals surface area contributed by atoms with Crippen LogP contribution in [0.1, 0.15) is 28.9 Å². The number of thiophene rings is 1. The second-order valence-corrected chi connectivity index (χ2v) is 6.72. The average Bonchev–Trinajstić information content (AvgIpc) is 2.93. The lowest BCUT2D eigenvalue weighted by atomic mass is 9.79. The second-order valence-electron chi connectivity index (χ2n) is 5.40. The van der Waals surface area contributed by atoms with Gasteiger partial charge in [-0.2, -0.15) is 0 Å². The van der Waals surface area contributed by atoms with Gasteiger partial charge in [0.2, 0.25) is 0 Å². The number of hydrogen-bond acceptors (Lipinski definition) is 3. The quantitative estimate of drug-likeness (QED) is 0.862. The molecule has 1 aromatic rings. The molecule has 1 aliphatic heterocycles. The van der Waals surface area contributed by atoms with Crippen LogP contribution < -0.4 is 5.73 Å². The fourth-order valence-corrected chi connectivity index (χ4v) is 4.33. The van der Waals surface area contributed by atoms with Crippen molar-refractivity contribution in [3.8, 4) is 0 Å².